The lowest BCUT2D eigenvalue weighted by Gasteiger charge is -2.11. The Bertz CT molecular complexity index is 756. The number of rotatable bonds is 7. The van der Waals surface area contributed by atoms with Crippen molar-refractivity contribution < 1.29 is 23.8 Å². The smallest absolute Gasteiger partial charge is 0.331 e. The molecule has 6 heteroatoms. The van der Waals surface area contributed by atoms with Crippen LogP contribution in [0.3, 0.4) is 0 Å². The third-order valence-corrected chi connectivity index (χ3v) is 3.24. The summed E-state index contributed by atoms with van der Waals surface area (Å²) in [5, 5.41) is 2.62. The van der Waals surface area contributed by atoms with Gasteiger partial charge in [0.25, 0.3) is 5.91 Å². The molecule has 0 aliphatic carbocycles. The molecule has 1 N–H and O–H groups in total. The van der Waals surface area contributed by atoms with Crippen LogP contribution in [0, 0.1) is 0 Å². The summed E-state index contributed by atoms with van der Waals surface area (Å²) in [7, 11) is 3.02. The molecule has 0 aliphatic rings. The van der Waals surface area contributed by atoms with Crippen molar-refractivity contribution in [2.45, 2.75) is 0 Å². The van der Waals surface area contributed by atoms with Gasteiger partial charge in [-0.25, -0.2) is 4.79 Å². The number of hydrogen-bond acceptors (Lipinski definition) is 5. The molecule has 25 heavy (non-hydrogen) atoms. The monoisotopic (exact) mass is 341 g/mol. The molecule has 0 radical (unpaired) electrons. The fourth-order valence-corrected chi connectivity index (χ4v) is 2.00. The Kier molecular flexibility index (Phi) is 6.59. The van der Waals surface area contributed by atoms with Crippen molar-refractivity contribution in [1.29, 1.82) is 0 Å². The minimum Gasteiger partial charge on any atom is -0.497 e. The zero-order chi connectivity index (χ0) is 18.1. The minimum absolute atomic E-state index is 0.396. The van der Waals surface area contributed by atoms with Crippen molar-refractivity contribution in [1.82, 2.24) is 0 Å². The van der Waals surface area contributed by atoms with E-state index in [0.29, 0.717) is 17.2 Å². The maximum Gasteiger partial charge on any atom is 0.331 e. The van der Waals surface area contributed by atoms with Gasteiger partial charge in [0.15, 0.2) is 6.61 Å². The summed E-state index contributed by atoms with van der Waals surface area (Å²) in [6.07, 6.45) is 2.89. The average molecular weight is 341 g/mol. The lowest BCUT2D eigenvalue weighted by molar-refractivity contribution is -0.142. The molecule has 6 nitrogen and oxygen atoms in total. The van der Waals surface area contributed by atoms with Crippen molar-refractivity contribution >= 4 is 23.6 Å². The normalized spacial score (nSPS) is 10.3. The third-order valence-electron chi connectivity index (χ3n) is 3.24. The predicted octanol–water partition coefficient (Wildman–Crippen LogP) is 2.90. The molecule has 0 fully saturated rings. The van der Waals surface area contributed by atoms with Crippen LogP contribution in [0.25, 0.3) is 6.08 Å². The molecule has 0 unspecified atom stereocenters. The van der Waals surface area contributed by atoms with E-state index in [4.69, 9.17) is 14.2 Å². The van der Waals surface area contributed by atoms with Crippen LogP contribution < -0.4 is 14.8 Å². The van der Waals surface area contributed by atoms with Gasteiger partial charge in [0.1, 0.15) is 11.5 Å². The molecule has 0 bridgehead atoms. The van der Waals surface area contributed by atoms with Crippen LogP contribution in [0.1, 0.15) is 5.56 Å². The second-order valence-corrected chi connectivity index (χ2v) is 4.97. The van der Waals surface area contributed by atoms with Gasteiger partial charge in [-0.15, -0.1) is 0 Å². The van der Waals surface area contributed by atoms with Gasteiger partial charge >= 0.3 is 5.97 Å². The Hall–Kier alpha value is -3.28. The van der Waals surface area contributed by atoms with Gasteiger partial charge in [0, 0.05) is 12.1 Å². The van der Waals surface area contributed by atoms with Crippen LogP contribution in [0.4, 0.5) is 5.69 Å². The van der Waals surface area contributed by atoms with Gasteiger partial charge in [0.2, 0.25) is 0 Å². The van der Waals surface area contributed by atoms with Crippen molar-refractivity contribution in [3.63, 3.8) is 0 Å². The number of hydrogen-bond donors (Lipinski definition) is 1. The fraction of sp³-hybridized carbons (Fsp3) is 0.158. The first-order valence-corrected chi connectivity index (χ1v) is 7.54. The highest BCUT2D eigenvalue weighted by Crippen LogP contribution is 2.28. The molecule has 0 aromatic heterocycles. The molecule has 2 aromatic carbocycles. The molecule has 0 spiro atoms. The van der Waals surface area contributed by atoms with Crippen LogP contribution in [0.15, 0.2) is 54.6 Å². The number of amides is 1. The summed E-state index contributed by atoms with van der Waals surface area (Å²) in [5.41, 5.74) is 1.33. The lowest BCUT2D eigenvalue weighted by Crippen LogP contribution is -2.20. The van der Waals surface area contributed by atoms with E-state index >= 15 is 0 Å². The summed E-state index contributed by atoms with van der Waals surface area (Å²) in [5.74, 6) is -0.0130. The predicted molar refractivity (Wildman–Crippen MR) is 94.6 cm³/mol. The Morgan fingerprint density at radius 1 is 1.04 bits per heavy atom. The molecule has 0 aliphatic heterocycles. The lowest BCUT2D eigenvalue weighted by atomic mass is 10.2. The summed E-state index contributed by atoms with van der Waals surface area (Å²) in [6.45, 7) is -0.396. The number of methoxy groups -OCH3 is 2. The van der Waals surface area contributed by atoms with Gasteiger partial charge in [-0.05, 0) is 23.8 Å². The molecule has 2 rings (SSSR count). The number of anilines is 1. The SMILES string of the molecule is COc1ccc(NC(=O)COC(=O)/C=C/c2ccccc2)c(OC)c1. The second-order valence-electron chi connectivity index (χ2n) is 4.97. The first kappa shape index (κ1) is 18.1. The first-order chi connectivity index (χ1) is 12.1. The van der Waals surface area contributed by atoms with Gasteiger partial charge in [-0.3, -0.25) is 4.79 Å². The molecule has 1 amide bonds. The number of benzene rings is 2. The van der Waals surface area contributed by atoms with Crippen LogP contribution in [0.2, 0.25) is 0 Å². The molecule has 0 saturated heterocycles. The van der Waals surface area contributed by atoms with Gasteiger partial charge in [-0.1, -0.05) is 30.3 Å². The molecular formula is C19H19NO5. The first-order valence-electron chi connectivity index (χ1n) is 7.54. The Morgan fingerprint density at radius 3 is 2.48 bits per heavy atom. The second kappa shape index (κ2) is 9.12. The highest BCUT2D eigenvalue weighted by molar-refractivity contribution is 5.95. The number of carbonyl (C=O) groups is 2. The highest BCUT2D eigenvalue weighted by Gasteiger charge is 2.10. The Labute approximate surface area is 146 Å². The highest BCUT2D eigenvalue weighted by atomic mass is 16.5. The maximum atomic E-state index is 11.9. The van der Waals surface area contributed by atoms with Crippen molar-refractivity contribution in [3.8, 4) is 11.5 Å². The van der Waals surface area contributed by atoms with Crippen LogP contribution >= 0.6 is 0 Å². The van der Waals surface area contributed by atoms with Crippen molar-refractivity contribution in [2.24, 2.45) is 0 Å². The summed E-state index contributed by atoms with van der Waals surface area (Å²) >= 11 is 0. The number of esters is 1. The van der Waals surface area contributed by atoms with E-state index < -0.39 is 18.5 Å². The van der Waals surface area contributed by atoms with Crippen LogP contribution in [-0.4, -0.2) is 32.7 Å². The van der Waals surface area contributed by atoms with E-state index in [9.17, 15) is 9.59 Å². The van der Waals surface area contributed by atoms with E-state index in [2.05, 4.69) is 5.32 Å². The van der Waals surface area contributed by atoms with Gasteiger partial charge < -0.3 is 19.5 Å². The van der Waals surface area contributed by atoms with Gasteiger partial charge in [0.05, 0.1) is 19.9 Å². The number of ether oxygens (including phenoxy) is 3. The Balaban J connectivity index is 1.86. The molecule has 2 aromatic rings. The molecule has 0 heterocycles. The van der Waals surface area contributed by atoms with Crippen LogP contribution in [-0.2, 0) is 14.3 Å². The minimum atomic E-state index is -0.597. The standard InChI is InChI=1S/C19H19NO5/c1-23-15-9-10-16(17(12-15)24-2)20-18(21)13-25-19(22)11-8-14-6-4-3-5-7-14/h3-12H,13H2,1-2H3,(H,20,21)/b11-8+. The van der Waals surface area contributed by atoms with E-state index in [-0.39, 0.29) is 0 Å². The molecule has 0 saturated carbocycles. The molecule has 0 atom stereocenters. The average Bonchev–Trinajstić information content (AvgIpc) is 2.65. The zero-order valence-corrected chi connectivity index (χ0v) is 14.0. The molecule has 130 valence electrons. The van der Waals surface area contributed by atoms with Crippen molar-refractivity contribution in [3.05, 3.63) is 60.2 Å². The third kappa shape index (κ3) is 5.69. The molecular weight excluding hydrogens is 322 g/mol. The van der Waals surface area contributed by atoms with Gasteiger partial charge in [-0.2, -0.15) is 0 Å². The van der Waals surface area contributed by atoms with E-state index in [1.54, 1.807) is 24.3 Å². The topological polar surface area (TPSA) is 73.9 Å². The zero-order valence-electron chi connectivity index (χ0n) is 14.0. The number of carbonyl (C=O) groups excluding carboxylic acids is 2. The number of nitrogens with one attached hydrogen (secondary N) is 1. The van der Waals surface area contributed by atoms with Crippen LogP contribution in [0.5, 0.6) is 11.5 Å². The van der Waals surface area contributed by atoms with E-state index in [0.717, 1.165) is 5.56 Å². The summed E-state index contributed by atoms with van der Waals surface area (Å²) in [6, 6.07) is 14.3. The summed E-state index contributed by atoms with van der Waals surface area (Å²) < 4.78 is 15.2. The van der Waals surface area contributed by atoms with E-state index in [1.165, 1.54) is 20.3 Å². The fourth-order valence-electron chi connectivity index (χ4n) is 2.00. The quantitative estimate of drug-likeness (QED) is 0.619. The summed E-state index contributed by atoms with van der Waals surface area (Å²) in [4.78, 5) is 23.6. The largest absolute Gasteiger partial charge is 0.497 e. The maximum absolute atomic E-state index is 11.9. The van der Waals surface area contributed by atoms with E-state index in [1.807, 2.05) is 30.3 Å². The van der Waals surface area contributed by atoms with Crippen molar-refractivity contribution in [2.75, 3.05) is 26.1 Å². The Morgan fingerprint density at radius 2 is 1.80 bits per heavy atom.